The zero-order valence-corrected chi connectivity index (χ0v) is 27.3. The molecule has 0 aliphatic rings. The number of carbonyl (C=O) groups excluding carboxylic acids is 2. The first-order valence-electron chi connectivity index (χ1n) is 14.1. The van der Waals surface area contributed by atoms with Crippen molar-refractivity contribution in [1.82, 2.24) is 10.2 Å². The Hall–Kier alpha value is -3.37. The minimum absolute atomic E-state index is 0.00173. The number of hydrogen-bond acceptors (Lipinski definition) is 5. The highest BCUT2D eigenvalue weighted by Gasteiger charge is 2.34. The van der Waals surface area contributed by atoms with Crippen molar-refractivity contribution in [3.8, 4) is 5.75 Å². The average Bonchev–Trinajstić information content (AvgIpc) is 2.96. The van der Waals surface area contributed by atoms with Crippen LogP contribution in [-0.2, 0) is 26.2 Å². The van der Waals surface area contributed by atoms with E-state index in [9.17, 15) is 18.0 Å². The maximum Gasteiger partial charge on any atom is 0.264 e. The van der Waals surface area contributed by atoms with Crippen LogP contribution in [0.2, 0.25) is 0 Å². The quantitative estimate of drug-likeness (QED) is 0.215. The third-order valence-electron chi connectivity index (χ3n) is 6.96. The van der Waals surface area contributed by atoms with Crippen molar-refractivity contribution in [2.75, 3.05) is 24.5 Å². The van der Waals surface area contributed by atoms with Gasteiger partial charge >= 0.3 is 0 Å². The van der Waals surface area contributed by atoms with E-state index < -0.39 is 28.5 Å². The highest BCUT2D eigenvalue weighted by molar-refractivity contribution is 9.10. The second-order valence-electron chi connectivity index (χ2n) is 10.2. The molecule has 2 amide bonds. The number of nitrogens with zero attached hydrogens (tertiary/aromatic N) is 2. The number of halogens is 1. The maximum atomic E-state index is 14.2. The summed E-state index contributed by atoms with van der Waals surface area (Å²) in [6.45, 7) is 7.94. The van der Waals surface area contributed by atoms with Crippen LogP contribution in [0.15, 0.2) is 76.1 Å². The summed E-state index contributed by atoms with van der Waals surface area (Å²) in [5, 5.41) is 2.95. The van der Waals surface area contributed by atoms with Crippen LogP contribution in [0.25, 0.3) is 0 Å². The number of benzene rings is 3. The molecule has 0 aromatic heterocycles. The van der Waals surface area contributed by atoms with E-state index in [1.807, 2.05) is 52.0 Å². The largest absolute Gasteiger partial charge is 0.496 e. The van der Waals surface area contributed by atoms with Crippen LogP contribution in [0.5, 0.6) is 5.75 Å². The molecule has 42 heavy (non-hydrogen) atoms. The number of sulfonamides is 1. The summed E-state index contributed by atoms with van der Waals surface area (Å²) >= 11 is 3.37. The van der Waals surface area contributed by atoms with Crippen molar-refractivity contribution in [3.63, 3.8) is 0 Å². The number of carbonyl (C=O) groups is 2. The van der Waals surface area contributed by atoms with Crippen molar-refractivity contribution in [2.45, 2.75) is 64.4 Å². The molecule has 1 unspecified atom stereocenters. The van der Waals surface area contributed by atoms with Gasteiger partial charge in [0.05, 0.1) is 22.2 Å². The van der Waals surface area contributed by atoms with E-state index in [1.165, 1.54) is 24.1 Å². The standard InChI is InChI=1S/C32H40BrN3O5S/c1-6-8-18-34-32(38)29(7-2)35(21-25-11-9-10-24(4)19-25)31(37)22-36(26-14-12-23(3)13-15-26)42(39,40)27-16-17-30(41-5)28(33)20-27/h9-17,19-20,29H,6-8,18,21-22H2,1-5H3,(H,34,38). The second-order valence-corrected chi connectivity index (χ2v) is 12.9. The molecule has 1 atom stereocenters. The summed E-state index contributed by atoms with van der Waals surface area (Å²) in [4.78, 5) is 29.0. The molecular formula is C32H40BrN3O5S. The molecule has 10 heteroatoms. The number of nitrogens with one attached hydrogen (secondary N) is 1. The van der Waals surface area contributed by atoms with E-state index in [1.54, 1.807) is 30.3 Å². The summed E-state index contributed by atoms with van der Waals surface area (Å²) in [6, 6.07) is 18.4. The van der Waals surface area contributed by atoms with Crippen molar-refractivity contribution in [2.24, 2.45) is 0 Å². The van der Waals surface area contributed by atoms with Crippen LogP contribution < -0.4 is 14.4 Å². The van der Waals surface area contributed by atoms with Gasteiger partial charge in [0.25, 0.3) is 10.0 Å². The zero-order chi connectivity index (χ0) is 30.9. The number of ether oxygens (including phenoxy) is 1. The first-order valence-corrected chi connectivity index (χ1v) is 16.3. The third kappa shape index (κ3) is 8.35. The first kappa shape index (κ1) is 33.1. The molecule has 0 aliphatic heterocycles. The second kappa shape index (κ2) is 15.2. The zero-order valence-electron chi connectivity index (χ0n) is 24.9. The van der Waals surface area contributed by atoms with Gasteiger partial charge in [-0.3, -0.25) is 13.9 Å². The molecule has 0 saturated heterocycles. The minimum Gasteiger partial charge on any atom is -0.496 e. The Bertz CT molecular complexity index is 1480. The van der Waals surface area contributed by atoms with Crippen molar-refractivity contribution in [3.05, 3.63) is 87.9 Å². The smallest absolute Gasteiger partial charge is 0.264 e. The van der Waals surface area contributed by atoms with Gasteiger partial charge < -0.3 is 15.0 Å². The van der Waals surface area contributed by atoms with Gasteiger partial charge in [-0.05, 0) is 78.5 Å². The molecule has 0 saturated carbocycles. The van der Waals surface area contributed by atoms with Crippen LogP contribution in [0.4, 0.5) is 5.69 Å². The molecule has 226 valence electrons. The van der Waals surface area contributed by atoms with Gasteiger partial charge in [0.15, 0.2) is 0 Å². The number of unbranched alkanes of at least 4 members (excludes halogenated alkanes) is 1. The lowest BCUT2D eigenvalue weighted by atomic mass is 10.1. The summed E-state index contributed by atoms with van der Waals surface area (Å²) in [5.74, 6) is -0.252. The third-order valence-corrected chi connectivity index (χ3v) is 9.35. The van der Waals surface area contributed by atoms with E-state index in [0.29, 0.717) is 28.9 Å². The number of methoxy groups -OCH3 is 1. The normalized spacial score (nSPS) is 12.0. The summed E-state index contributed by atoms with van der Waals surface area (Å²) in [6.07, 6.45) is 2.12. The Morgan fingerprint density at radius 1 is 0.976 bits per heavy atom. The lowest BCUT2D eigenvalue weighted by Crippen LogP contribution is -2.52. The van der Waals surface area contributed by atoms with E-state index in [2.05, 4.69) is 21.2 Å². The molecule has 8 nitrogen and oxygen atoms in total. The number of hydrogen-bond donors (Lipinski definition) is 1. The highest BCUT2D eigenvalue weighted by atomic mass is 79.9. The Labute approximate surface area is 258 Å². The number of rotatable bonds is 14. The Balaban J connectivity index is 2.06. The number of amides is 2. The van der Waals surface area contributed by atoms with Gasteiger partial charge in [-0.15, -0.1) is 0 Å². The van der Waals surface area contributed by atoms with Crippen LogP contribution in [0.1, 0.15) is 49.8 Å². The molecule has 0 heterocycles. The van der Waals surface area contributed by atoms with Crippen molar-refractivity contribution in [1.29, 1.82) is 0 Å². The molecule has 3 rings (SSSR count). The minimum atomic E-state index is -4.19. The molecule has 0 radical (unpaired) electrons. The molecular weight excluding hydrogens is 618 g/mol. The molecule has 3 aromatic carbocycles. The molecule has 1 N–H and O–H groups in total. The average molecular weight is 659 g/mol. The van der Waals surface area contributed by atoms with E-state index >= 15 is 0 Å². The van der Waals surface area contributed by atoms with E-state index in [4.69, 9.17) is 4.74 Å². The monoisotopic (exact) mass is 657 g/mol. The van der Waals surface area contributed by atoms with Gasteiger partial charge in [0.1, 0.15) is 18.3 Å². The molecule has 3 aromatic rings. The van der Waals surface area contributed by atoms with Gasteiger partial charge in [0, 0.05) is 13.1 Å². The predicted octanol–water partition coefficient (Wildman–Crippen LogP) is 5.99. The van der Waals surface area contributed by atoms with Gasteiger partial charge in [-0.2, -0.15) is 0 Å². The number of aryl methyl sites for hydroxylation is 2. The fraction of sp³-hybridized carbons (Fsp3) is 0.375. The lowest BCUT2D eigenvalue weighted by molar-refractivity contribution is -0.140. The molecule has 0 aliphatic carbocycles. The van der Waals surface area contributed by atoms with E-state index in [0.717, 1.165) is 33.8 Å². The van der Waals surface area contributed by atoms with Crippen LogP contribution in [-0.4, -0.2) is 51.4 Å². The predicted molar refractivity (Wildman–Crippen MR) is 170 cm³/mol. The molecule has 0 bridgehead atoms. The Kier molecular flexibility index (Phi) is 12.0. The summed E-state index contributed by atoms with van der Waals surface area (Å²) < 4.78 is 35.0. The maximum absolute atomic E-state index is 14.2. The lowest BCUT2D eigenvalue weighted by Gasteiger charge is -2.33. The van der Waals surface area contributed by atoms with Gasteiger partial charge in [0.2, 0.25) is 11.8 Å². The molecule has 0 fully saturated rings. The van der Waals surface area contributed by atoms with Crippen molar-refractivity contribution < 1.29 is 22.7 Å². The van der Waals surface area contributed by atoms with E-state index in [-0.39, 0.29) is 17.3 Å². The first-order chi connectivity index (χ1) is 20.0. The van der Waals surface area contributed by atoms with Gasteiger partial charge in [-0.1, -0.05) is 67.8 Å². The number of anilines is 1. The fourth-order valence-electron chi connectivity index (χ4n) is 4.61. The Morgan fingerprint density at radius 3 is 2.29 bits per heavy atom. The molecule has 0 spiro atoms. The highest BCUT2D eigenvalue weighted by Crippen LogP contribution is 2.31. The summed E-state index contributed by atoms with van der Waals surface area (Å²) in [5.41, 5.74) is 3.17. The SMILES string of the molecule is CCCCNC(=O)C(CC)N(Cc1cccc(C)c1)C(=O)CN(c1ccc(C)cc1)S(=O)(=O)c1ccc(OC)c(Br)c1. The fourth-order valence-corrected chi connectivity index (χ4v) is 6.74. The van der Waals surface area contributed by atoms with Gasteiger partial charge in [-0.25, -0.2) is 8.42 Å². The Morgan fingerprint density at radius 2 is 1.69 bits per heavy atom. The van der Waals surface area contributed by atoms with Crippen LogP contribution in [0.3, 0.4) is 0 Å². The topological polar surface area (TPSA) is 96.0 Å². The van der Waals surface area contributed by atoms with Crippen LogP contribution >= 0.6 is 15.9 Å². The summed E-state index contributed by atoms with van der Waals surface area (Å²) in [7, 11) is -2.70. The van der Waals surface area contributed by atoms with Crippen LogP contribution in [0, 0.1) is 13.8 Å². The van der Waals surface area contributed by atoms with Crippen molar-refractivity contribution >= 4 is 43.5 Å².